The Morgan fingerprint density at radius 2 is 1.65 bits per heavy atom. The van der Waals surface area contributed by atoms with Crippen LogP contribution in [0.25, 0.3) is 0 Å². The van der Waals surface area contributed by atoms with E-state index in [9.17, 15) is 14.4 Å². The number of hydrogen-bond acceptors (Lipinski definition) is 5. The summed E-state index contributed by atoms with van der Waals surface area (Å²) >= 11 is 1.14. The maximum absolute atomic E-state index is 13.6. The molecule has 34 heavy (non-hydrogen) atoms. The van der Waals surface area contributed by atoms with E-state index in [0.717, 1.165) is 28.3 Å². The second kappa shape index (κ2) is 9.69. The van der Waals surface area contributed by atoms with Gasteiger partial charge in [-0.15, -0.1) is 0 Å². The maximum Gasteiger partial charge on any atom is 0.415 e. The Morgan fingerprint density at radius 3 is 2.32 bits per heavy atom. The summed E-state index contributed by atoms with van der Waals surface area (Å²) in [6.45, 7) is 3.56. The van der Waals surface area contributed by atoms with Gasteiger partial charge in [-0.3, -0.25) is 9.59 Å². The molecule has 0 bridgehead atoms. The highest BCUT2D eigenvalue weighted by Gasteiger charge is 2.38. The van der Waals surface area contributed by atoms with Crippen molar-refractivity contribution in [2.24, 2.45) is 0 Å². The Balaban J connectivity index is 1.68. The molecule has 4 rings (SSSR count). The molecule has 1 aromatic heterocycles. The van der Waals surface area contributed by atoms with Crippen molar-refractivity contribution in [3.63, 3.8) is 0 Å². The first-order chi connectivity index (χ1) is 16.3. The summed E-state index contributed by atoms with van der Waals surface area (Å²) < 4.78 is 5.30. The predicted octanol–water partition coefficient (Wildman–Crippen LogP) is 5.34. The quantitative estimate of drug-likeness (QED) is 0.509. The highest BCUT2D eigenvalue weighted by molar-refractivity contribution is 7.16. The minimum atomic E-state index is -0.495. The zero-order chi connectivity index (χ0) is 24.4. The van der Waals surface area contributed by atoms with E-state index in [0.29, 0.717) is 16.4 Å². The zero-order valence-electron chi connectivity index (χ0n) is 19.6. The van der Waals surface area contributed by atoms with Gasteiger partial charge in [-0.2, -0.15) is 0 Å². The summed E-state index contributed by atoms with van der Waals surface area (Å²) in [7, 11) is 3.20. The van der Waals surface area contributed by atoms with Crippen molar-refractivity contribution < 1.29 is 19.1 Å². The molecule has 0 N–H and O–H groups in total. The molecule has 2 heterocycles. The molecule has 1 aliphatic rings. The molecule has 1 aliphatic heterocycles. The van der Waals surface area contributed by atoms with Crippen molar-refractivity contribution in [2.45, 2.75) is 32.4 Å². The van der Waals surface area contributed by atoms with Crippen molar-refractivity contribution in [1.82, 2.24) is 4.90 Å². The van der Waals surface area contributed by atoms with Gasteiger partial charge in [0.25, 0.3) is 5.91 Å². The van der Waals surface area contributed by atoms with Crippen LogP contribution in [0.15, 0.2) is 66.7 Å². The van der Waals surface area contributed by atoms with Crippen LogP contribution in [0.1, 0.15) is 41.5 Å². The summed E-state index contributed by atoms with van der Waals surface area (Å²) in [4.78, 5) is 43.6. The normalized spacial score (nSPS) is 17.0. The Bertz CT molecular complexity index is 1210. The number of hydrogen-bond donors (Lipinski definition) is 0. The standard InChI is InChI=1S/C26H27N3O4S/c1-17-16-22(29(18(2)30)19-10-6-5-7-11-19)20-12-8-9-13-21(20)28(17)25(31)23-14-15-24(34-23)33-26(32)27(3)4/h5-15,17,22H,16H2,1-4H3/t17-,22+/m1/s1. The van der Waals surface area contributed by atoms with Crippen LogP contribution in [0.5, 0.6) is 5.06 Å². The van der Waals surface area contributed by atoms with Gasteiger partial charge in [0.05, 0.1) is 10.9 Å². The fourth-order valence-corrected chi connectivity index (χ4v) is 5.08. The zero-order valence-corrected chi connectivity index (χ0v) is 20.4. The SMILES string of the molecule is CC(=O)N(c1ccccc1)[C@H]1C[C@@H](C)N(C(=O)c2ccc(OC(=O)N(C)C)s2)c2ccccc21. The number of thiophene rings is 1. The molecule has 7 nitrogen and oxygen atoms in total. The summed E-state index contributed by atoms with van der Waals surface area (Å²) in [5, 5.41) is 0.365. The van der Waals surface area contributed by atoms with Gasteiger partial charge < -0.3 is 19.4 Å². The van der Waals surface area contributed by atoms with Crippen LogP contribution in [0.2, 0.25) is 0 Å². The molecule has 3 aromatic rings. The van der Waals surface area contributed by atoms with Gasteiger partial charge in [-0.05, 0) is 49.2 Å². The Hall–Kier alpha value is -3.65. The lowest BCUT2D eigenvalue weighted by Gasteiger charge is -2.43. The molecular weight excluding hydrogens is 450 g/mol. The molecule has 3 amide bonds. The second-order valence-corrected chi connectivity index (χ2v) is 9.49. The lowest BCUT2D eigenvalue weighted by molar-refractivity contribution is -0.117. The summed E-state index contributed by atoms with van der Waals surface area (Å²) in [5.74, 6) is -0.215. The van der Waals surface area contributed by atoms with Gasteiger partial charge in [-0.25, -0.2) is 4.79 Å². The number of ether oxygens (including phenoxy) is 1. The van der Waals surface area contributed by atoms with E-state index in [1.165, 1.54) is 4.90 Å². The van der Waals surface area contributed by atoms with E-state index in [2.05, 4.69) is 0 Å². The first kappa shape index (κ1) is 23.5. The van der Waals surface area contributed by atoms with Gasteiger partial charge in [-0.1, -0.05) is 47.7 Å². The molecule has 176 valence electrons. The van der Waals surface area contributed by atoms with Crippen molar-refractivity contribution in [3.05, 3.63) is 77.2 Å². The number of rotatable bonds is 4. The molecule has 2 aromatic carbocycles. The third-order valence-electron chi connectivity index (χ3n) is 5.81. The molecule has 0 unspecified atom stereocenters. The second-order valence-electron chi connectivity index (χ2n) is 8.44. The van der Waals surface area contributed by atoms with Crippen molar-refractivity contribution in [3.8, 4) is 5.06 Å². The Morgan fingerprint density at radius 1 is 0.971 bits per heavy atom. The molecule has 0 fully saturated rings. The summed E-state index contributed by atoms with van der Waals surface area (Å²) in [5.41, 5.74) is 2.52. The van der Waals surface area contributed by atoms with E-state index in [1.807, 2.05) is 61.5 Å². The summed E-state index contributed by atoms with van der Waals surface area (Å²) in [6.07, 6.45) is 0.0936. The van der Waals surface area contributed by atoms with Crippen LogP contribution in [0.4, 0.5) is 16.2 Å². The van der Waals surface area contributed by atoms with Crippen LogP contribution in [-0.2, 0) is 4.79 Å². The fraction of sp³-hybridized carbons (Fsp3) is 0.269. The fourth-order valence-electron chi connectivity index (χ4n) is 4.29. The Labute approximate surface area is 203 Å². The molecule has 0 saturated heterocycles. The van der Waals surface area contributed by atoms with E-state index >= 15 is 0 Å². The molecule has 0 spiro atoms. The number of para-hydroxylation sites is 2. The monoisotopic (exact) mass is 477 g/mol. The molecule has 0 radical (unpaired) electrons. The van der Waals surface area contributed by atoms with Gasteiger partial charge >= 0.3 is 6.09 Å². The van der Waals surface area contributed by atoms with Crippen LogP contribution >= 0.6 is 11.3 Å². The average Bonchev–Trinajstić information content (AvgIpc) is 3.28. The number of fused-ring (bicyclic) bond motifs is 1. The molecule has 0 saturated carbocycles. The summed E-state index contributed by atoms with van der Waals surface area (Å²) in [6, 6.07) is 20.3. The van der Waals surface area contributed by atoms with Gasteiger partial charge in [0, 0.05) is 38.4 Å². The Kier molecular flexibility index (Phi) is 6.70. The van der Waals surface area contributed by atoms with Crippen LogP contribution in [0.3, 0.4) is 0 Å². The number of benzene rings is 2. The highest BCUT2D eigenvalue weighted by Crippen LogP contribution is 2.43. The topological polar surface area (TPSA) is 70.2 Å². The van der Waals surface area contributed by atoms with Crippen LogP contribution < -0.4 is 14.5 Å². The third-order valence-corrected chi connectivity index (χ3v) is 6.76. The third kappa shape index (κ3) is 4.54. The van der Waals surface area contributed by atoms with Gasteiger partial charge in [0.1, 0.15) is 0 Å². The number of anilines is 2. The van der Waals surface area contributed by atoms with E-state index in [-0.39, 0.29) is 23.9 Å². The van der Waals surface area contributed by atoms with Crippen molar-refractivity contribution in [2.75, 3.05) is 23.9 Å². The molecular formula is C26H27N3O4S. The minimum absolute atomic E-state index is 0.0522. The van der Waals surface area contributed by atoms with Gasteiger partial charge in [0.2, 0.25) is 5.91 Å². The number of carbonyl (C=O) groups is 3. The maximum atomic E-state index is 13.6. The van der Waals surface area contributed by atoms with E-state index in [1.54, 1.807) is 43.0 Å². The van der Waals surface area contributed by atoms with E-state index < -0.39 is 6.09 Å². The van der Waals surface area contributed by atoms with Crippen molar-refractivity contribution >= 4 is 40.6 Å². The van der Waals surface area contributed by atoms with Gasteiger partial charge in [0.15, 0.2) is 5.06 Å². The first-order valence-corrected chi connectivity index (χ1v) is 11.9. The largest absolute Gasteiger partial charge is 0.415 e. The predicted molar refractivity (Wildman–Crippen MR) is 134 cm³/mol. The van der Waals surface area contributed by atoms with Crippen LogP contribution in [0, 0.1) is 0 Å². The number of carbonyl (C=O) groups excluding carboxylic acids is 3. The van der Waals surface area contributed by atoms with Crippen LogP contribution in [-0.4, -0.2) is 42.9 Å². The molecule has 2 atom stereocenters. The number of amides is 3. The number of nitrogens with zero attached hydrogens (tertiary/aromatic N) is 3. The lowest BCUT2D eigenvalue weighted by atomic mass is 9.89. The smallest absolute Gasteiger partial charge is 0.399 e. The lowest BCUT2D eigenvalue weighted by Crippen LogP contribution is -2.47. The average molecular weight is 478 g/mol. The molecule has 0 aliphatic carbocycles. The highest BCUT2D eigenvalue weighted by atomic mass is 32.1. The first-order valence-electron chi connectivity index (χ1n) is 11.0. The minimum Gasteiger partial charge on any atom is -0.399 e. The van der Waals surface area contributed by atoms with E-state index in [4.69, 9.17) is 4.74 Å². The van der Waals surface area contributed by atoms with Crippen molar-refractivity contribution in [1.29, 1.82) is 0 Å². The molecule has 8 heteroatoms.